The minimum absolute atomic E-state index is 0.0903. The molecule has 7 heteroatoms. The summed E-state index contributed by atoms with van der Waals surface area (Å²) in [5, 5.41) is 10.5. The molecule has 1 aliphatic carbocycles. The van der Waals surface area contributed by atoms with Gasteiger partial charge in [-0.05, 0) is 31.0 Å². The molecule has 1 aliphatic rings. The molecule has 1 saturated carbocycles. The monoisotopic (exact) mass is 335 g/mol. The summed E-state index contributed by atoms with van der Waals surface area (Å²) in [6.45, 7) is 0. The number of benzene rings is 1. The minimum Gasteiger partial charge on any atom is -0.408 e. The van der Waals surface area contributed by atoms with Crippen molar-refractivity contribution < 1.29 is 13.1 Å². The Morgan fingerprint density at radius 2 is 2.00 bits per heavy atom. The Labute approximate surface area is 138 Å². The third-order valence-electron chi connectivity index (χ3n) is 4.05. The zero-order valence-electron chi connectivity index (χ0n) is 12.6. The third-order valence-corrected chi connectivity index (χ3v) is 4.48. The summed E-state index contributed by atoms with van der Waals surface area (Å²) in [5.74, 6) is 0.481. The predicted octanol–water partition coefficient (Wildman–Crippen LogP) is 4.74. The summed E-state index contributed by atoms with van der Waals surface area (Å²) in [4.78, 5) is 12.5. The molecule has 0 radical (unpaired) electrons. The van der Waals surface area contributed by atoms with Crippen LogP contribution in [0.15, 0.2) is 33.6 Å². The molecular weight excluding hydrogens is 317 g/mol. The Bertz CT molecular complexity index is 669. The van der Waals surface area contributed by atoms with Gasteiger partial charge in [0.1, 0.15) is 0 Å². The van der Waals surface area contributed by atoms with Crippen LogP contribution in [0.4, 0.5) is 9.90 Å². The smallest absolute Gasteiger partial charge is 0.322 e. The van der Waals surface area contributed by atoms with Gasteiger partial charge in [0.05, 0.1) is 12.1 Å². The Hall–Kier alpha value is -1.89. The Morgan fingerprint density at radius 1 is 1.22 bits per heavy atom. The van der Waals surface area contributed by atoms with E-state index >= 15 is 0 Å². The zero-order chi connectivity index (χ0) is 16.1. The third kappa shape index (κ3) is 4.10. The molecule has 0 spiro atoms. The molecule has 23 heavy (non-hydrogen) atoms. The van der Waals surface area contributed by atoms with Crippen LogP contribution in [0.3, 0.4) is 0 Å². The van der Waals surface area contributed by atoms with Crippen LogP contribution in [0.1, 0.15) is 60.7 Å². The van der Waals surface area contributed by atoms with Gasteiger partial charge in [0, 0.05) is 16.4 Å². The SMILES string of the molecule is O=C(Nc1nnc(C2CCCCCC2)o1)c1cccc(SF)c1. The van der Waals surface area contributed by atoms with E-state index in [0.29, 0.717) is 16.3 Å². The van der Waals surface area contributed by atoms with Gasteiger partial charge in [0.15, 0.2) is 0 Å². The fourth-order valence-electron chi connectivity index (χ4n) is 2.83. The second-order valence-corrected chi connectivity index (χ2v) is 6.32. The minimum atomic E-state index is -0.392. The van der Waals surface area contributed by atoms with Gasteiger partial charge < -0.3 is 4.42 Å². The number of nitrogens with zero attached hydrogens (tertiary/aromatic N) is 2. The largest absolute Gasteiger partial charge is 0.408 e. The van der Waals surface area contributed by atoms with Gasteiger partial charge >= 0.3 is 6.01 Å². The molecule has 0 bridgehead atoms. The number of halogens is 1. The number of hydrogen-bond acceptors (Lipinski definition) is 5. The van der Waals surface area contributed by atoms with E-state index in [4.69, 9.17) is 4.42 Å². The summed E-state index contributed by atoms with van der Waals surface area (Å²) in [5.41, 5.74) is 0.349. The molecule has 1 fully saturated rings. The normalized spacial score (nSPS) is 16.0. The quantitative estimate of drug-likeness (QED) is 0.818. The van der Waals surface area contributed by atoms with E-state index < -0.39 is 5.91 Å². The van der Waals surface area contributed by atoms with Crippen molar-refractivity contribution in [1.82, 2.24) is 10.2 Å². The lowest BCUT2D eigenvalue weighted by atomic mass is 10.0. The molecule has 0 saturated heterocycles. The lowest BCUT2D eigenvalue weighted by Gasteiger charge is -2.07. The van der Waals surface area contributed by atoms with E-state index in [9.17, 15) is 8.68 Å². The van der Waals surface area contributed by atoms with Crippen molar-refractivity contribution >= 4 is 24.1 Å². The van der Waals surface area contributed by atoms with Crippen LogP contribution >= 0.6 is 12.1 Å². The number of rotatable bonds is 4. The molecule has 122 valence electrons. The summed E-state index contributed by atoms with van der Waals surface area (Å²) in [6, 6.07) is 6.40. The number of carbonyl (C=O) groups is 1. The van der Waals surface area contributed by atoms with Crippen molar-refractivity contribution in [3.63, 3.8) is 0 Å². The average Bonchev–Trinajstić information content (AvgIpc) is 2.87. The van der Waals surface area contributed by atoms with Crippen molar-refractivity contribution in [2.75, 3.05) is 5.32 Å². The highest BCUT2D eigenvalue weighted by Gasteiger charge is 2.21. The van der Waals surface area contributed by atoms with Gasteiger partial charge in [0.25, 0.3) is 5.91 Å². The second kappa shape index (κ2) is 7.59. The number of carbonyl (C=O) groups excluding carboxylic acids is 1. The molecule has 3 rings (SSSR count). The fourth-order valence-corrected chi connectivity index (χ4v) is 3.13. The van der Waals surface area contributed by atoms with E-state index in [1.807, 2.05) is 0 Å². The van der Waals surface area contributed by atoms with Crippen LogP contribution < -0.4 is 5.32 Å². The molecule has 0 atom stereocenters. The molecule has 0 unspecified atom stereocenters. The molecular formula is C16H18FN3O2S. The number of anilines is 1. The first-order valence-corrected chi connectivity index (χ1v) is 8.51. The van der Waals surface area contributed by atoms with Gasteiger partial charge in [-0.3, -0.25) is 10.1 Å². The molecule has 1 aromatic heterocycles. The van der Waals surface area contributed by atoms with E-state index in [-0.39, 0.29) is 24.1 Å². The molecule has 1 N–H and O–H groups in total. The Balaban J connectivity index is 1.67. The molecule has 1 amide bonds. The van der Waals surface area contributed by atoms with E-state index in [1.54, 1.807) is 18.2 Å². The molecule has 1 heterocycles. The predicted molar refractivity (Wildman–Crippen MR) is 86.1 cm³/mol. The first-order chi connectivity index (χ1) is 11.3. The number of amides is 1. The lowest BCUT2D eigenvalue weighted by molar-refractivity contribution is 0.102. The van der Waals surface area contributed by atoms with Crippen molar-refractivity contribution in [1.29, 1.82) is 0 Å². The summed E-state index contributed by atoms with van der Waals surface area (Å²) >= 11 is 0.100. The van der Waals surface area contributed by atoms with Crippen LogP contribution in [0.5, 0.6) is 0 Å². The highest BCUT2D eigenvalue weighted by molar-refractivity contribution is 7.94. The van der Waals surface area contributed by atoms with Gasteiger partial charge in [-0.2, -0.15) is 3.89 Å². The van der Waals surface area contributed by atoms with Crippen LogP contribution in [-0.4, -0.2) is 16.1 Å². The zero-order valence-corrected chi connectivity index (χ0v) is 13.4. The number of aromatic nitrogens is 2. The van der Waals surface area contributed by atoms with Crippen LogP contribution in [0.2, 0.25) is 0 Å². The molecule has 5 nitrogen and oxygen atoms in total. The lowest BCUT2D eigenvalue weighted by Crippen LogP contribution is -2.12. The average molecular weight is 335 g/mol. The summed E-state index contributed by atoms with van der Waals surface area (Å²) in [6.07, 6.45) is 6.93. The summed E-state index contributed by atoms with van der Waals surface area (Å²) in [7, 11) is 0. The second-order valence-electron chi connectivity index (χ2n) is 5.69. The van der Waals surface area contributed by atoms with E-state index in [1.165, 1.54) is 31.7 Å². The maximum atomic E-state index is 12.6. The molecule has 1 aromatic carbocycles. The Morgan fingerprint density at radius 3 is 2.74 bits per heavy atom. The van der Waals surface area contributed by atoms with Crippen molar-refractivity contribution in [3.05, 3.63) is 35.7 Å². The number of nitrogens with one attached hydrogen (secondary N) is 1. The van der Waals surface area contributed by atoms with E-state index in [0.717, 1.165) is 12.8 Å². The van der Waals surface area contributed by atoms with Gasteiger partial charge in [0.2, 0.25) is 5.89 Å². The first-order valence-electron chi connectivity index (χ1n) is 7.79. The van der Waals surface area contributed by atoms with Crippen molar-refractivity contribution in [3.8, 4) is 0 Å². The standard InChI is InChI=1S/C16H18FN3O2S/c17-23-13-9-5-8-12(10-13)14(21)18-16-20-19-15(22-16)11-6-3-1-2-4-7-11/h5,8-11H,1-4,6-7H2,(H,18,20,21). The molecule has 2 aromatic rings. The highest BCUT2D eigenvalue weighted by Crippen LogP contribution is 2.31. The van der Waals surface area contributed by atoms with Crippen molar-refractivity contribution in [2.45, 2.75) is 49.3 Å². The maximum absolute atomic E-state index is 12.6. The fraction of sp³-hybridized carbons (Fsp3) is 0.438. The van der Waals surface area contributed by atoms with Gasteiger partial charge in [-0.25, -0.2) is 0 Å². The first kappa shape index (κ1) is 16.0. The number of hydrogen-bond donors (Lipinski definition) is 1. The summed E-state index contributed by atoms with van der Waals surface area (Å²) < 4.78 is 18.2. The van der Waals surface area contributed by atoms with Gasteiger partial charge in [-0.1, -0.05) is 36.8 Å². The van der Waals surface area contributed by atoms with Gasteiger partial charge in [-0.15, -0.1) is 5.10 Å². The van der Waals surface area contributed by atoms with Crippen LogP contribution in [0.25, 0.3) is 0 Å². The molecule has 0 aliphatic heterocycles. The highest BCUT2D eigenvalue weighted by atomic mass is 32.2. The van der Waals surface area contributed by atoms with Crippen LogP contribution in [0, 0.1) is 0 Å². The Kier molecular flexibility index (Phi) is 5.27. The van der Waals surface area contributed by atoms with Crippen LogP contribution in [-0.2, 0) is 0 Å². The van der Waals surface area contributed by atoms with E-state index in [2.05, 4.69) is 15.5 Å². The maximum Gasteiger partial charge on any atom is 0.322 e. The van der Waals surface area contributed by atoms with Crippen molar-refractivity contribution in [2.24, 2.45) is 0 Å². The topological polar surface area (TPSA) is 68.0 Å².